The van der Waals surface area contributed by atoms with Gasteiger partial charge >= 0.3 is 0 Å². The normalized spacial score (nSPS) is 10.0. The number of Topliss-reactive ketones (excluding diaryl/α,β-unsaturated/α-hetero) is 2. The summed E-state index contributed by atoms with van der Waals surface area (Å²) in [6.07, 6.45) is 2.58. The zero-order valence-corrected chi connectivity index (χ0v) is 9.28. The number of carbonyl (C=O) groups is 2. The van der Waals surface area contributed by atoms with Crippen LogP contribution in [-0.2, 0) is 9.59 Å². The zero-order valence-electron chi connectivity index (χ0n) is 8.47. The van der Waals surface area contributed by atoms with Crippen LogP contribution >= 0.6 is 11.8 Å². The summed E-state index contributed by atoms with van der Waals surface area (Å²) in [7, 11) is 0. The second kappa shape index (κ2) is 8.30. The topological polar surface area (TPSA) is 34.1 Å². The molecular weight excluding hydrogens is 184 g/mol. The first-order chi connectivity index (χ1) is 6.20. The largest absolute Gasteiger partial charge is 0.300 e. The Balaban J connectivity index is 3.17. The van der Waals surface area contributed by atoms with Crippen molar-refractivity contribution in [1.29, 1.82) is 0 Å². The van der Waals surface area contributed by atoms with Crippen molar-refractivity contribution in [2.75, 3.05) is 11.5 Å². The lowest BCUT2D eigenvalue weighted by molar-refractivity contribution is -0.119. The van der Waals surface area contributed by atoms with Gasteiger partial charge in [0.05, 0.1) is 0 Å². The van der Waals surface area contributed by atoms with Gasteiger partial charge in [-0.25, -0.2) is 0 Å². The molecule has 0 radical (unpaired) electrons. The van der Waals surface area contributed by atoms with E-state index in [1.165, 1.54) is 0 Å². The van der Waals surface area contributed by atoms with Gasteiger partial charge in [0.1, 0.15) is 11.6 Å². The van der Waals surface area contributed by atoms with Gasteiger partial charge in [-0.3, -0.25) is 9.59 Å². The van der Waals surface area contributed by atoms with Crippen molar-refractivity contribution in [2.45, 2.75) is 39.5 Å². The molecule has 0 aliphatic carbocycles. The monoisotopic (exact) mass is 202 g/mol. The molecule has 0 fully saturated rings. The van der Waals surface area contributed by atoms with E-state index >= 15 is 0 Å². The minimum Gasteiger partial charge on any atom is -0.300 e. The summed E-state index contributed by atoms with van der Waals surface area (Å²) in [4.78, 5) is 21.8. The van der Waals surface area contributed by atoms with Gasteiger partial charge in [-0.2, -0.15) is 11.8 Å². The highest BCUT2D eigenvalue weighted by molar-refractivity contribution is 7.99. The summed E-state index contributed by atoms with van der Waals surface area (Å²) in [5, 5.41) is 0. The summed E-state index contributed by atoms with van der Waals surface area (Å²) in [5.41, 5.74) is 0. The van der Waals surface area contributed by atoms with Gasteiger partial charge in [-0.1, -0.05) is 13.8 Å². The molecule has 0 N–H and O–H groups in total. The van der Waals surface area contributed by atoms with E-state index < -0.39 is 0 Å². The molecular formula is C10H18O2S. The van der Waals surface area contributed by atoms with Crippen LogP contribution in [0.2, 0.25) is 0 Å². The van der Waals surface area contributed by atoms with E-state index in [4.69, 9.17) is 0 Å². The minimum absolute atomic E-state index is 0.314. The Kier molecular flexibility index (Phi) is 8.10. The van der Waals surface area contributed by atoms with E-state index in [9.17, 15) is 9.59 Å². The number of ketones is 2. The van der Waals surface area contributed by atoms with E-state index in [0.29, 0.717) is 37.2 Å². The fourth-order valence-corrected chi connectivity index (χ4v) is 1.78. The molecule has 0 saturated heterocycles. The van der Waals surface area contributed by atoms with Crippen molar-refractivity contribution < 1.29 is 9.59 Å². The first-order valence-corrected chi connectivity index (χ1v) is 5.97. The van der Waals surface area contributed by atoms with E-state index in [1.54, 1.807) is 11.8 Å². The predicted octanol–water partition coefficient (Wildman–Crippen LogP) is 2.46. The molecule has 0 unspecified atom stereocenters. The summed E-state index contributed by atoms with van der Waals surface area (Å²) in [6, 6.07) is 0. The molecule has 0 aromatic rings. The molecule has 0 aromatic heterocycles. The predicted molar refractivity (Wildman–Crippen MR) is 57.2 cm³/mol. The van der Waals surface area contributed by atoms with Crippen LogP contribution in [0.15, 0.2) is 0 Å². The van der Waals surface area contributed by atoms with Crippen molar-refractivity contribution in [1.82, 2.24) is 0 Å². The lowest BCUT2D eigenvalue weighted by Gasteiger charge is -1.98. The molecule has 0 heterocycles. The third-order valence-electron chi connectivity index (χ3n) is 1.84. The van der Waals surface area contributed by atoms with Crippen LogP contribution in [0.25, 0.3) is 0 Å². The summed E-state index contributed by atoms with van der Waals surface area (Å²) in [5.74, 6) is 2.36. The molecule has 0 aliphatic heterocycles. The van der Waals surface area contributed by atoms with Crippen molar-refractivity contribution in [3.8, 4) is 0 Å². The van der Waals surface area contributed by atoms with Gasteiger partial charge in [-0.15, -0.1) is 0 Å². The molecule has 0 saturated carbocycles. The summed E-state index contributed by atoms with van der Waals surface area (Å²) < 4.78 is 0. The van der Waals surface area contributed by atoms with Gasteiger partial charge in [0.25, 0.3) is 0 Å². The lowest BCUT2D eigenvalue weighted by atomic mass is 10.2. The van der Waals surface area contributed by atoms with Crippen molar-refractivity contribution >= 4 is 23.3 Å². The Morgan fingerprint density at radius 3 is 1.62 bits per heavy atom. The van der Waals surface area contributed by atoms with Crippen molar-refractivity contribution in [2.24, 2.45) is 0 Å². The number of hydrogen-bond acceptors (Lipinski definition) is 3. The highest BCUT2D eigenvalue weighted by Gasteiger charge is 2.00. The average Bonchev–Trinajstić information content (AvgIpc) is 2.16. The molecule has 2 nitrogen and oxygen atoms in total. The second-order valence-electron chi connectivity index (χ2n) is 2.90. The van der Waals surface area contributed by atoms with Crippen molar-refractivity contribution in [3.05, 3.63) is 0 Å². The van der Waals surface area contributed by atoms with Crippen LogP contribution in [-0.4, -0.2) is 23.1 Å². The van der Waals surface area contributed by atoms with Crippen LogP contribution in [0.3, 0.4) is 0 Å². The van der Waals surface area contributed by atoms with Gasteiger partial charge in [0.15, 0.2) is 0 Å². The number of thioether (sulfide) groups is 1. The Morgan fingerprint density at radius 2 is 1.31 bits per heavy atom. The number of carbonyl (C=O) groups excluding carboxylic acids is 2. The standard InChI is InChI=1S/C10H18O2S/c1-3-9(11)5-7-13-8-6-10(12)4-2/h3-8H2,1-2H3. The Labute approximate surface area is 84.5 Å². The number of hydrogen-bond donors (Lipinski definition) is 0. The van der Waals surface area contributed by atoms with E-state index in [1.807, 2.05) is 13.8 Å². The second-order valence-corrected chi connectivity index (χ2v) is 4.12. The molecule has 0 spiro atoms. The molecule has 76 valence electrons. The average molecular weight is 202 g/mol. The third-order valence-corrected chi connectivity index (χ3v) is 2.82. The quantitative estimate of drug-likeness (QED) is 0.567. The zero-order chi connectivity index (χ0) is 10.1. The summed E-state index contributed by atoms with van der Waals surface area (Å²) >= 11 is 1.70. The lowest BCUT2D eigenvalue weighted by Crippen LogP contribution is -2.00. The van der Waals surface area contributed by atoms with Gasteiger partial charge in [0.2, 0.25) is 0 Å². The first kappa shape index (κ1) is 12.7. The van der Waals surface area contributed by atoms with E-state index in [2.05, 4.69) is 0 Å². The fraction of sp³-hybridized carbons (Fsp3) is 0.800. The maximum Gasteiger partial charge on any atom is 0.133 e. The van der Waals surface area contributed by atoms with Gasteiger partial charge in [-0.05, 0) is 0 Å². The van der Waals surface area contributed by atoms with E-state index in [0.717, 1.165) is 11.5 Å². The first-order valence-electron chi connectivity index (χ1n) is 4.81. The number of rotatable bonds is 8. The smallest absolute Gasteiger partial charge is 0.133 e. The fourth-order valence-electron chi connectivity index (χ4n) is 0.828. The minimum atomic E-state index is 0.314. The van der Waals surface area contributed by atoms with Crippen LogP contribution < -0.4 is 0 Å². The molecule has 0 amide bonds. The summed E-state index contributed by atoms with van der Waals surface area (Å²) in [6.45, 7) is 3.77. The Morgan fingerprint density at radius 1 is 0.923 bits per heavy atom. The van der Waals surface area contributed by atoms with Crippen LogP contribution in [0.4, 0.5) is 0 Å². The van der Waals surface area contributed by atoms with Crippen LogP contribution in [0, 0.1) is 0 Å². The van der Waals surface area contributed by atoms with Gasteiger partial charge in [0, 0.05) is 37.2 Å². The van der Waals surface area contributed by atoms with E-state index in [-0.39, 0.29) is 0 Å². The molecule has 0 rings (SSSR count). The maximum absolute atomic E-state index is 10.9. The molecule has 0 bridgehead atoms. The van der Waals surface area contributed by atoms with Crippen LogP contribution in [0.1, 0.15) is 39.5 Å². The molecule has 0 aromatic carbocycles. The molecule has 0 atom stereocenters. The van der Waals surface area contributed by atoms with Crippen LogP contribution in [0.5, 0.6) is 0 Å². The maximum atomic E-state index is 10.9. The van der Waals surface area contributed by atoms with Gasteiger partial charge < -0.3 is 0 Å². The molecule has 0 aliphatic rings. The van der Waals surface area contributed by atoms with Crippen molar-refractivity contribution in [3.63, 3.8) is 0 Å². The Bertz CT molecular complexity index is 148. The highest BCUT2D eigenvalue weighted by atomic mass is 32.2. The Hall–Kier alpha value is -0.310. The molecule has 3 heteroatoms. The highest BCUT2D eigenvalue weighted by Crippen LogP contribution is 2.06. The third kappa shape index (κ3) is 8.03. The molecule has 13 heavy (non-hydrogen) atoms. The SMILES string of the molecule is CCC(=O)CCSCCC(=O)CC.